The van der Waals surface area contributed by atoms with Gasteiger partial charge < -0.3 is 19.8 Å². The van der Waals surface area contributed by atoms with Crippen molar-refractivity contribution in [2.45, 2.75) is 39.5 Å². The summed E-state index contributed by atoms with van der Waals surface area (Å²) in [5.74, 6) is -4.46. The molecular formula is C14H18O4-2. The summed E-state index contributed by atoms with van der Waals surface area (Å²) in [7, 11) is 0. The van der Waals surface area contributed by atoms with Gasteiger partial charge in [0.15, 0.2) is 0 Å². The van der Waals surface area contributed by atoms with Crippen LogP contribution in [0.2, 0.25) is 0 Å². The van der Waals surface area contributed by atoms with Gasteiger partial charge in [-0.25, -0.2) is 0 Å². The molecule has 0 heterocycles. The van der Waals surface area contributed by atoms with Crippen molar-refractivity contribution < 1.29 is 19.8 Å². The van der Waals surface area contributed by atoms with Gasteiger partial charge in [-0.1, -0.05) is 23.3 Å². The molecule has 0 amide bonds. The zero-order valence-electron chi connectivity index (χ0n) is 10.8. The first-order valence-electron chi connectivity index (χ1n) is 6.14. The van der Waals surface area contributed by atoms with Crippen LogP contribution in [0.5, 0.6) is 0 Å². The number of rotatable bonds is 4. The van der Waals surface area contributed by atoms with Crippen LogP contribution in [0.25, 0.3) is 0 Å². The van der Waals surface area contributed by atoms with Gasteiger partial charge in [0.1, 0.15) is 0 Å². The number of carboxylic acids is 2. The molecule has 100 valence electrons. The summed E-state index contributed by atoms with van der Waals surface area (Å²) in [5.41, 5.74) is 2.20. The molecule has 0 aromatic heterocycles. The number of carbonyl (C=O) groups excluding carboxylic acids is 2. The Labute approximate surface area is 107 Å². The Balaban J connectivity index is 2.71. The van der Waals surface area contributed by atoms with Crippen LogP contribution < -0.4 is 10.2 Å². The second kappa shape index (κ2) is 6.38. The van der Waals surface area contributed by atoms with E-state index in [0.29, 0.717) is 12.8 Å². The molecule has 2 atom stereocenters. The lowest BCUT2D eigenvalue weighted by molar-refractivity contribution is -0.327. The average Bonchev–Trinajstić information content (AvgIpc) is 2.28. The molecule has 0 N–H and O–H groups in total. The molecular weight excluding hydrogens is 232 g/mol. The van der Waals surface area contributed by atoms with E-state index in [1.807, 2.05) is 26.0 Å². The fourth-order valence-corrected chi connectivity index (χ4v) is 2.25. The SMILES string of the molecule is CC(C)=CC/C=C1\CC[C@H](C(=O)[O-])[C@@H](C(=O)[O-])C1. The Kier molecular flexibility index (Phi) is 5.13. The van der Waals surface area contributed by atoms with Crippen molar-refractivity contribution in [3.05, 3.63) is 23.3 Å². The summed E-state index contributed by atoms with van der Waals surface area (Å²) < 4.78 is 0. The number of hydrogen-bond donors (Lipinski definition) is 0. The molecule has 0 aliphatic heterocycles. The van der Waals surface area contributed by atoms with Crippen LogP contribution in [0.4, 0.5) is 0 Å². The minimum Gasteiger partial charge on any atom is -0.550 e. The molecule has 1 rings (SSSR count). The molecule has 1 aliphatic rings. The highest BCUT2D eigenvalue weighted by Crippen LogP contribution is 2.33. The smallest absolute Gasteiger partial charge is 0.0455 e. The summed E-state index contributed by atoms with van der Waals surface area (Å²) >= 11 is 0. The van der Waals surface area contributed by atoms with Crippen LogP contribution >= 0.6 is 0 Å². The third kappa shape index (κ3) is 4.02. The summed E-state index contributed by atoms with van der Waals surface area (Å²) in [4.78, 5) is 21.8. The van der Waals surface area contributed by atoms with Crippen molar-refractivity contribution in [3.8, 4) is 0 Å². The summed E-state index contributed by atoms with van der Waals surface area (Å²) in [6.45, 7) is 3.99. The summed E-state index contributed by atoms with van der Waals surface area (Å²) in [6.07, 6.45) is 5.99. The standard InChI is InChI=1S/C14H20O4/c1-9(2)4-3-5-10-6-7-11(13(15)16)12(8-10)14(17)18/h4-5,11-12H,3,6-8H2,1-2H3,(H,15,16)(H,17,18)/p-2/b10-5+/t11-,12-/m0/s1. The Bertz CT molecular complexity index is 389. The molecule has 0 aromatic rings. The van der Waals surface area contributed by atoms with Gasteiger partial charge in [-0.05, 0) is 39.5 Å². The minimum atomic E-state index is -1.29. The second-order valence-corrected chi connectivity index (χ2v) is 4.97. The first-order valence-corrected chi connectivity index (χ1v) is 6.14. The van der Waals surface area contributed by atoms with Crippen LogP contribution in [-0.2, 0) is 9.59 Å². The number of hydrogen-bond acceptors (Lipinski definition) is 4. The molecule has 0 unspecified atom stereocenters. The summed E-state index contributed by atoms with van der Waals surface area (Å²) in [6, 6.07) is 0. The summed E-state index contributed by atoms with van der Waals surface area (Å²) in [5, 5.41) is 21.8. The fourth-order valence-electron chi connectivity index (χ4n) is 2.25. The van der Waals surface area contributed by atoms with Crippen LogP contribution in [0.1, 0.15) is 39.5 Å². The first kappa shape index (κ1) is 14.5. The second-order valence-electron chi connectivity index (χ2n) is 4.97. The van der Waals surface area contributed by atoms with Crippen molar-refractivity contribution in [1.29, 1.82) is 0 Å². The van der Waals surface area contributed by atoms with Gasteiger partial charge in [0.25, 0.3) is 0 Å². The van der Waals surface area contributed by atoms with Crippen molar-refractivity contribution >= 4 is 11.9 Å². The number of carboxylic acid groups (broad SMARTS) is 2. The number of aliphatic carboxylic acids is 2. The Morgan fingerprint density at radius 1 is 1.22 bits per heavy atom. The van der Waals surface area contributed by atoms with Crippen molar-refractivity contribution in [2.24, 2.45) is 11.8 Å². The third-order valence-electron chi connectivity index (χ3n) is 3.28. The first-order chi connectivity index (χ1) is 8.41. The highest BCUT2D eigenvalue weighted by molar-refractivity contribution is 5.78. The minimum absolute atomic E-state index is 0.261. The van der Waals surface area contributed by atoms with Gasteiger partial charge in [-0.3, -0.25) is 0 Å². The maximum atomic E-state index is 11.0. The average molecular weight is 250 g/mol. The maximum absolute atomic E-state index is 11.0. The van der Waals surface area contributed by atoms with Crippen LogP contribution in [-0.4, -0.2) is 11.9 Å². The molecule has 18 heavy (non-hydrogen) atoms. The van der Waals surface area contributed by atoms with E-state index < -0.39 is 23.8 Å². The monoisotopic (exact) mass is 250 g/mol. The number of allylic oxidation sites excluding steroid dienone is 4. The fraction of sp³-hybridized carbons (Fsp3) is 0.571. The third-order valence-corrected chi connectivity index (χ3v) is 3.28. The van der Waals surface area contributed by atoms with Gasteiger partial charge in [0, 0.05) is 23.8 Å². The van der Waals surface area contributed by atoms with E-state index in [2.05, 4.69) is 0 Å². The van der Waals surface area contributed by atoms with Gasteiger partial charge >= 0.3 is 0 Å². The zero-order chi connectivity index (χ0) is 13.7. The Morgan fingerprint density at radius 3 is 2.33 bits per heavy atom. The lowest BCUT2D eigenvalue weighted by atomic mass is 9.76. The lowest BCUT2D eigenvalue weighted by Crippen LogP contribution is -2.45. The molecule has 0 radical (unpaired) electrons. The van der Waals surface area contributed by atoms with Gasteiger partial charge in [0.2, 0.25) is 0 Å². The van der Waals surface area contributed by atoms with E-state index in [9.17, 15) is 19.8 Å². The molecule has 0 bridgehead atoms. The molecule has 4 nitrogen and oxygen atoms in total. The quantitative estimate of drug-likeness (QED) is 0.667. The zero-order valence-corrected chi connectivity index (χ0v) is 10.8. The molecule has 1 fully saturated rings. The Hall–Kier alpha value is -1.58. The van der Waals surface area contributed by atoms with E-state index in [-0.39, 0.29) is 6.42 Å². The molecule has 1 aliphatic carbocycles. The predicted molar refractivity (Wildman–Crippen MR) is 63.0 cm³/mol. The number of carbonyl (C=O) groups is 2. The molecule has 4 heteroatoms. The van der Waals surface area contributed by atoms with E-state index >= 15 is 0 Å². The van der Waals surface area contributed by atoms with Crippen molar-refractivity contribution in [1.82, 2.24) is 0 Å². The highest BCUT2D eigenvalue weighted by Gasteiger charge is 2.29. The molecule has 0 saturated heterocycles. The lowest BCUT2D eigenvalue weighted by Gasteiger charge is -2.34. The van der Waals surface area contributed by atoms with Gasteiger partial charge in [0.05, 0.1) is 0 Å². The predicted octanol–water partition coefficient (Wildman–Crippen LogP) is 0.185. The topological polar surface area (TPSA) is 80.3 Å². The van der Waals surface area contributed by atoms with E-state index in [4.69, 9.17) is 0 Å². The molecule has 0 spiro atoms. The van der Waals surface area contributed by atoms with E-state index in [0.717, 1.165) is 12.0 Å². The van der Waals surface area contributed by atoms with Crippen LogP contribution in [0.3, 0.4) is 0 Å². The molecule has 1 saturated carbocycles. The van der Waals surface area contributed by atoms with E-state index in [1.165, 1.54) is 5.57 Å². The van der Waals surface area contributed by atoms with Gasteiger partial charge in [-0.2, -0.15) is 0 Å². The van der Waals surface area contributed by atoms with Crippen molar-refractivity contribution in [3.63, 3.8) is 0 Å². The van der Waals surface area contributed by atoms with Crippen LogP contribution in [0.15, 0.2) is 23.3 Å². The van der Waals surface area contributed by atoms with Gasteiger partial charge in [-0.15, -0.1) is 0 Å². The normalized spacial score (nSPS) is 25.8. The van der Waals surface area contributed by atoms with Crippen LogP contribution in [0, 0.1) is 11.8 Å². The maximum Gasteiger partial charge on any atom is 0.0455 e. The van der Waals surface area contributed by atoms with E-state index in [1.54, 1.807) is 0 Å². The largest absolute Gasteiger partial charge is 0.550 e. The molecule has 0 aromatic carbocycles. The van der Waals surface area contributed by atoms with Crippen molar-refractivity contribution in [2.75, 3.05) is 0 Å². The highest BCUT2D eigenvalue weighted by atomic mass is 16.4. The Morgan fingerprint density at radius 2 is 1.83 bits per heavy atom.